The van der Waals surface area contributed by atoms with E-state index < -0.39 is 0 Å². The molecule has 0 unspecified atom stereocenters. The van der Waals surface area contributed by atoms with Crippen molar-refractivity contribution in [3.63, 3.8) is 0 Å². The number of nitrogens with one attached hydrogen (secondary N) is 1. The second kappa shape index (κ2) is 5.95. The lowest BCUT2D eigenvalue weighted by atomic mass is 10.0. The van der Waals surface area contributed by atoms with Crippen LogP contribution in [0.25, 0.3) is 0 Å². The Balaban J connectivity index is 1.58. The van der Waals surface area contributed by atoms with Crippen LogP contribution >= 0.6 is 11.6 Å². The molecule has 1 aliphatic heterocycles. The number of carbonyl (C=O) groups excluding carboxylic acids is 1. The molecule has 1 aromatic rings. The second-order valence-corrected chi connectivity index (χ2v) is 6.66. The average molecular weight is 309 g/mol. The molecule has 1 amide bonds. The molecule has 1 N–H and O–H groups in total. The Bertz CT molecular complexity index is 510. The van der Waals surface area contributed by atoms with Crippen molar-refractivity contribution < 1.29 is 9.53 Å². The highest BCUT2D eigenvalue weighted by Crippen LogP contribution is 2.29. The van der Waals surface area contributed by atoms with Crippen molar-refractivity contribution in [2.75, 3.05) is 19.7 Å². The van der Waals surface area contributed by atoms with Gasteiger partial charge in [0, 0.05) is 30.7 Å². The van der Waals surface area contributed by atoms with Crippen LogP contribution in [0.1, 0.15) is 25.3 Å². The SMILES string of the molecule is CC1(OCC(=O)N(Cc2ccc(Cl)cc2)C2CC2)CNC1. The summed E-state index contributed by atoms with van der Waals surface area (Å²) in [6.07, 6.45) is 2.19. The Labute approximate surface area is 130 Å². The quantitative estimate of drug-likeness (QED) is 0.876. The predicted octanol–water partition coefficient (Wildman–Crippen LogP) is 2.21. The Morgan fingerprint density at radius 3 is 2.57 bits per heavy atom. The Morgan fingerprint density at radius 1 is 1.38 bits per heavy atom. The number of rotatable bonds is 6. The van der Waals surface area contributed by atoms with Gasteiger partial charge in [0.2, 0.25) is 5.91 Å². The first-order chi connectivity index (χ1) is 10.1. The molecule has 5 heteroatoms. The number of benzene rings is 1. The van der Waals surface area contributed by atoms with Crippen LogP contribution in [0, 0.1) is 0 Å². The zero-order valence-electron chi connectivity index (χ0n) is 12.3. The molecule has 2 aliphatic rings. The minimum atomic E-state index is -0.175. The lowest BCUT2D eigenvalue weighted by molar-refractivity contribution is -0.147. The topological polar surface area (TPSA) is 41.6 Å². The van der Waals surface area contributed by atoms with Crippen LogP contribution in [0.15, 0.2) is 24.3 Å². The van der Waals surface area contributed by atoms with Crippen LogP contribution in [0.3, 0.4) is 0 Å². The van der Waals surface area contributed by atoms with Crippen LogP contribution in [0.4, 0.5) is 0 Å². The summed E-state index contributed by atoms with van der Waals surface area (Å²) >= 11 is 5.90. The van der Waals surface area contributed by atoms with Crippen LogP contribution < -0.4 is 5.32 Å². The summed E-state index contributed by atoms with van der Waals surface area (Å²) in [5.41, 5.74) is 0.932. The van der Waals surface area contributed by atoms with Crippen LogP contribution in [-0.4, -0.2) is 42.1 Å². The maximum absolute atomic E-state index is 12.4. The highest BCUT2D eigenvalue weighted by molar-refractivity contribution is 6.30. The summed E-state index contributed by atoms with van der Waals surface area (Å²) in [5, 5.41) is 3.89. The molecule has 1 saturated heterocycles. The molecule has 0 atom stereocenters. The number of hydrogen-bond donors (Lipinski definition) is 1. The normalized spacial score (nSPS) is 19.9. The van der Waals surface area contributed by atoms with E-state index in [9.17, 15) is 4.79 Å². The summed E-state index contributed by atoms with van der Waals surface area (Å²) in [5.74, 6) is 0.0839. The molecule has 2 fully saturated rings. The molecule has 21 heavy (non-hydrogen) atoms. The predicted molar refractivity (Wildman–Crippen MR) is 82.3 cm³/mol. The van der Waals surface area contributed by atoms with Gasteiger partial charge in [-0.05, 0) is 37.5 Å². The minimum absolute atomic E-state index is 0.0839. The fourth-order valence-corrected chi connectivity index (χ4v) is 2.62. The molecular weight excluding hydrogens is 288 g/mol. The van der Waals surface area contributed by atoms with Gasteiger partial charge in [0.15, 0.2) is 0 Å². The zero-order chi connectivity index (χ0) is 14.9. The number of halogens is 1. The lowest BCUT2D eigenvalue weighted by Gasteiger charge is -2.39. The van der Waals surface area contributed by atoms with Crippen molar-refractivity contribution in [1.29, 1.82) is 0 Å². The van der Waals surface area contributed by atoms with Crippen molar-refractivity contribution in [2.45, 2.75) is 38.0 Å². The van der Waals surface area contributed by atoms with Gasteiger partial charge < -0.3 is 15.0 Å². The van der Waals surface area contributed by atoms with E-state index in [1.54, 1.807) is 0 Å². The van der Waals surface area contributed by atoms with Crippen molar-refractivity contribution in [3.05, 3.63) is 34.9 Å². The molecule has 1 heterocycles. The molecule has 1 aliphatic carbocycles. The fraction of sp³-hybridized carbons (Fsp3) is 0.562. The zero-order valence-corrected chi connectivity index (χ0v) is 13.0. The molecule has 1 saturated carbocycles. The summed E-state index contributed by atoms with van der Waals surface area (Å²) in [6, 6.07) is 8.06. The van der Waals surface area contributed by atoms with E-state index in [-0.39, 0.29) is 18.1 Å². The van der Waals surface area contributed by atoms with Crippen molar-refractivity contribution >= 4 is 17.5 Å². The highest BCUT2D eigenvalue weighted by Gasteiger charge is 2.36. The molecule has 114 valence electrons. The smallest absolute Gasteiger partial charge is 0.249 e. The van der Waals surface area contributed by atoms with Gasteiger partial charge >= 0.3 is 0 Å². The van der Waals surface area contributed by atoms with Crippen LogP contribution in [0.2, 0.25) is 5.02 Å². The van der Waals surface area contributed by atoms with E-state index in [4.69, 9.17) is 16.3 Å². The van der Waals surface area contributed by atoms with E-state index >= 15 is 0 Å². The monoisotopic (exact) mass is 308 g/mol. The van der Waals surface area contributed by atoms with E-state index in [0.717, 1.165) is 36.5 Å². The molecule has 0 radical (unpaired) electrons. The molecule has 4 nitrogen and oxygen atoms in total. The molecular formula is C16H21ClN2O2. The molecule has 0 spiro atoms. The summed E-state index contributed by atoms with van der Waals surface area (Å²) in [4.78, 5) is 14.4. The number of carbonyl (C=O) groups is 1. The Kier molecular flexibility index (Phi) is 4.20. The maximum atomic E-state index is 12.4. The Hall–Kier alpha value is -1.10. The van der Waals surface area contributed by atoms with Crippen molar-refractivity contribution in [3.8, 4) is 0 Å². The number of nitrogens with zero attached hydrogens (tertiary/aromatic N) is 1. The second-order valence-electron chi connectivity index (χ2n) is 6.22. The summed E-state index contributed by atoms with van der Waals surface area (Å²) < 4.78 is 5.77. The number of ether oxygens (including phenoxy) is 1. The fourth-order valence-electron chi connectivity index (χ4n) is 2.49. The van der Waals surface area contributed by atoms with Crippen molar-refractivity contribution in [2.24, 2.45) is 0 Å². The van der Waals surface area contributed by atoms with Gasteiger partial charge in [-0.1, -0.05) is 23.7 Å². The van der Waals surface area contributed by atoms with Gasteiger partial charge in [-0.2, -0.15) is 0 Å². The molecule has 0 aromatic heterocycles. The van der Waals surface area contributed by atoms with E-state index in [1.165, 1.54) is 0 Å². The first-order valence-electron chi connectivity index (χ1n) is 7.44. The van der Waals surface area contributed by atoms with Crippen molar-refractivity contribution in [1.82, 2.24) is 10.2 Å². The minimum Gasteiger partial charge on any atom is -0.363 e. The lowest BCUT2D eigenvalue weighted by Crippen LogP contribution is -2.59. The van der Waals surface area contributed by atoms with Crippen LogP contribution in [0.5, 0.6) is 0 Å². The van der Waals surface area contributed by atoms with Gasteiger partial charge in [0.25, 0.3) is 0 Å². The molecule has 3 rings (SSSR count). The van der Waals surface area contributed by atoms with E-state index in [1.807, 2.05) is 36.1 Å². The Morgan fingerprint density at radius 2 is 2.05 bits per heavy atom. The third-order valence-electron chi connectivity index (χ3n) is 4.12. The largest absolute Gasteiger partial charge is 0.363 e. The third-order valence-corrected chi connectivity index (χ3v) is 4.37. The molecule has 1 aromatic carbocycles. The van der Waals surface area contributed by atoms with Gasteiger partial charge in [-0.15, -0.1) is 0 Å². The third kappa shape index (κ3) is 3.76. The van der Waals surface area contributed by atoms with E-state index in [2.05, 4.69) is 5.32 Å². The van der Waals surface area contributed by atoms with Gasteiger partial charge in [0.1, 0.15) is 6.61 Å². The maximum Gasteiger partial charge on any atom is 0.249 e. The summed E-state index contributed by atoms with van der Waals surface area (Å²) in [6.45, 7) is 4.49. The standard InChI is InChI=1S/C16H21ClN2O2/c1-16(10-18-11-16)21-9-15(20)19(14-6-7-14)8-12-2-4-13(17)5-3-12/h2-5,14,18H,6-11H2,1H3. The highest BCUT2D eigenvalue weighted by atomic mass is 35.5. The van der Waals surface area contributed by atoms with E-state index in [0.29, 0.717) is 12.6 Å². The van der Waals surface area contributed by atoms with Crippen LogP contribution in [-0.2, 0) is 16.1 Å². The van der Waals surface area contributed by atoms with Gasteiger partial charge in [-0.25, -0.2) is 0 Å². The number of hydrogen-bond acceptors (Lipinski definition) is 3. The molecule has 0 bridgehead atoms. The average Bonchev–Trinajstić information content (AvgIpc) is 3.26. The summed E-state index contributed by atoms with van der Waals surface area (Å²) in [7, 11) is 0. The number of amides is 1. The van der Waals surface area contributed by atoms with Gasteiger partial charge in [-0.3, -0.25) is 4.79 Å². The van der Waals surface area contributed by atoms with Gasteiger partial charge in [0.05, 0.1) is 5.60 Å². The first-order valence-corrected chi connectivity index (χ1v) is 7.82. The first kappa shape index (κ1) is 14.8.